The smallest absolute Gasteiger partial charge is 0.162 e. The summed E-state index contributed by atoms with van der Waals surface area (Å²) in [6, 6.07) is 0.576. The lowest BCUT2D eigenvalue weighted by molar-refractivity contribution is 0.598. The van der Waals surface area contributed by atoms with Gasteiger partial charge < -0.3 is 10.6 Å². The van der Waals surface area contributed by atoms with Crippen LogP contribution >= 0.6 is 12.2 Å². The van der Waals surface area contributed by atoms with Crippen molar-refractivity contribution in [2.45, 2.75) is 59.4 Å². The molecule has 1 fully saturated rings. The number of hydrogen-bond donors (Lipinski definition) is 1. The highest BCUT2D eigenvalue weighted by Crippen LogP contribution is 2.34. The molecule has 21 heavy (non-hydrogen) atoms. The Kier molecular flexibility index (Phi) is 5.14. The van der Waals surface area contributed by atoms with Crippen molar-refractivity contribution in [1.29, 1.82) is 0 Å². The first-order valence-corrected chi connectivity index (χ1v) is 8.35. The molecule has 0 atom stereocenters. The minimum atomic E-state index is 0.445. The second kappa shape index (κ2) is 6.69. The van der Waals surface area contributed by atoms with Gasteiger partial charge in [0.2, 0.25) is 0 Å². The fourth-order valence-corrected chi connectivity index (χ4v) is 3.02. The lowest BCUT2D eigenvalue weighted by Gasteiger charge is -2.28. The average Bonchev–Trinajstić information content (AvgIpc) is 3.27. The van der Waals surface area contributed by atoms with E-state index in [9.17, 15) is 0 Å². The molecule has 0 unspecified atom stereocenters. The molecule has 1 aromatic heterocycles. The Labute approximate surface area is 133 Å². The third-order valence-corrected chi connectivity index (χ3v) is 4.10. The van der Waals surface area contributed by atoms with Gasteiger partial charge in [0.1, 0.15) is 4.99 Å². The van der Waals surface area contributed by atoms with E-state index in [1.54, 1.807) is 0 Å². The number of aromatic nitrogens is 2. The molecule has 2 N–H and O–H groups in total. The number of aryl methyl sites for hydroxylation is 1. The number of nitrogens with two attached hydrogens (primary N) is 1. The maximum atomic E-state index is 6.04. The first-order chi connectivity index (χ1) is 9.99. The summed E-state index contributed by atoms with van der Waals surface area (Å²) >= 11 is 5.33. The van der Waals surface area contributed by atoms with Crippen LogP contribution in [0.5, 0.6) is 0 Å². The maximum Gasteiger partial charge on any atom is 0.162 e. The van der Waals surface area contributed by atoms with Crippen molar-refractivity contribution >= 4 is 23.0 Å². The Morgan fingerprint density at radius 2 is 1.95 bits per heavy atom. The topological polar surface area (TPSA) is 55.0 Å². The SMILES string of the molecule is CCc1nnc(N(CC(C)C)C2CC2)c(C(N)=S)c1CC. The molecule has 1 aromatic rings. The molecule has 1 aliphatic carbocycles. The Hall–Kier alpha value is -1.23. The summed E-state index contributed by atoms with van der Waals surface area (Å²) in [4.78, 5) is 2.81. The van der Waals surface area contributed by atoms with Gasteiger partial charge in [-0.3, -0.25) is 0 Å². The van der Waals surface area contributed by atoms with Crippen molar-refractivity contribution in [3.8, 4) is 0 Å². The van der Waals surface area contributed by atoms with Crippen molar-refractivity contribution in [1.82, 2.24) is 10.2 Å². The van der Waals surface area contributed by atoms with Crippen molar-refractivity contribution in [2.24, 2.45) is 11.7 Å². The number of nitrogens with zero attached hydrogens (tertiary/aromatic N) is 3. The first kappa shape index (κ1) is 16.1. The van der Waals surface area contributed by atoms with Gasteiger partial charge in [-0.15, -0.1) is 5.10 Å². The standard InChI is InChI=1S/C16H26N4S/c1-5-12-13(6-2)18-19-16(14(12)15(17)21)20(9-10(3)4)11-7-8-11/h10-11H,5-9H2,1-4H3,(H2,17,21). The molecule has 2 rings (SSSR count). The predicted molar refractivity (Wildman–Crippen MR) is 91.9 cm³/mol. The van der Waals surface area contributed by atoms with Crippen LogP contribution in [0.1, 0.15) is 57.4 Å². The van der Waals surface area contributed by atoms with Gasteiger partial charge in [0, 0.05) is 12.6 Å². The molecular formula is C16H26N4S. The summed E-state index contributed by atoms with van der Waals surface area (Å²) in [5.74, 6) is 1.47. The van der Waals surface area contributed by atoms with Gasteiger partial charge in [-0.25, -0.2) is 0 Å². The monoisotopic (exact) mass is 306 g/mol. The second-order valence-electron chi connectivity index (χ2n) is 6.17. The van der Waals surface area contributed by atoms with Crippen LogP contribution in [0, 0.1) is 5.92 Å². The molecule has 0 spiro atoms. The van der Waals surface area contributed by atoms with Gasteiger partial charge in [-0.2, -0.15) is 5.10 Å². The minimum absolute atomic E-state index is 0.445. The second-order valence-corrected chi connectivity index (χ2v) is 6.61. The summed E-state index contributed by atoms with van der Waals surface area (Å²) in [6.07, 6.45) is 4.20. The highest BCUT2D eigenvalue weighted by molar-refractivity contribution is 7.80. The molecule has 0 aliphatic heterocycles. The zero-order chi connectivity index (χ0) is 15.6. The molecule has 116 valence electrons. The molecule has 1 saturated carbocycles. The Bertz CT molecular complexity index is 523. The predicted octanol–water partition coefficient (Wildman–Crippen LogP) is 2.86. The van der Waals surface area contributed by atoms with Crippen LogP contribution in [0.15, 0.2) is 0 Å². The van der Waals surface area contributed by atoms with Crippen molar-refractivity contribution < 1.29 is 0 Å². The lowest BCUT2D eigenvalue weighted by atomic mass is 10.0. The summed E-state index contributed by atoms with van der Waals surface area (Å²) in [7, 11) is 0. The van der Waals surface area contributed by atoms with E-state index in [4.69, 9.17) is 18.0 Å². The highest BCUT2D eigenvalue weighted by Gasteiger charge is 2.33. The van der Waals surface area contributed by atoms with Crippen LogP contribution in [0.25, 0.3) is 0 Å². The Morgan fingerprint density at radius 3 is 2.38 bits per heavy atom. The van der Waals surface area contributed by atoms with Gasteiger partial charge >= 0.3 is 0 Å². The van der Waals surface area contributed by atoms with Crippen molar-refractivity contribution in [3.63, 3.8) is 0 Å². The van der Waals surface area contributed by atoms with Crippen LogP contribution in [0.4, 0.5) is 5.82 Å². The van der Waals surface area contributed by atoms with E-state index in [-0.39, 0.29) is 0 Å². The van der Waals surface area contributed by atoms with E-state index in [0.717, 1.165) is 36.5 Å². The molecule has 4 nitrogen and oxygen atoms in total. The van der Waals surface area contributed by atoms with E-state index in [1.807, 2.05) is 0 Å². The lowest BCUT2D eigenvalue weighted by Crippen LogP contribution is -2.34. The largest absolute Gasteiger partial charge is 0.389 e. The van der Waals surface area contributed by atoms with Crippen LogP contribution in [-0.2, 0) is 12.8 Å². The van der Waals surface area contributed by atoms with Gasteiger partial charge in [0.25, 0.3) is 0 Å². The zero-order valence-corrected chi connectivity index (χ0v) is 14.3. The molecule has 0 aromatic carbocycles. The minimum Gasteiger partial charge on any atom is -0.389 e. The summed E-state index contributed by atoms with van der Waals surface area (Å²) < 4.78 is 0. The molecule has 5 heteroatoms. The van der Waals surface area contributed by atoms with Crippen molar-refractivity contribution in [3.05, 3.63) is 16.8 Å². The number of thiocarbonyl (C=S) groups is 1. The fourth-order valence-electron chi connectivity index (χ4n) is 2.81. The Balaban J connectivity index is 2.53. The molecular weight excluding hydrogens is 280 g/mol. The molecule has 0 bridgehead atoms. The highest BCUT2D eigenvalue weighted by atomic mass is 32.1. The van der Waals surface area contributed by atoms with Gasteiger partial charge in [-0.1, -0.05) is 39.9 Å². The number of rotatable bonds is 7. The van der Waals surface area contributed by atoms with E-state index >= 15 is 0 Å². The summed E-state index contributed by atoms with van der Waals surface area (Å²) in [6.45, 7) is 9.66. The first-order valence-electron chi connectivity index (χ1n) is 7.94. The number of hydrogen-bond acceptors (Lipinski definition) is 4. The maximum absolute atomic E-state index is 6.04. The zero-order valence-electron chi connectivity index (χ0n) is 13.5. The van der Waals surface area contributed by atoms with Gasteiger partial charge in [0.05, 0.1) is 11.3 Å². The van der Waals surface area contributed by atoms with Gasteiger partial charge in [-0.05, 0) is 37.2 Å². The molecule has 0 amide bonds. The van der Waals surface area contributed by atoms with Crippen LogP contribution in [-0.4, -0.2) is 27.8 Å². The molecule has 1 aliphatic rings. The molecule has 1 heterocycles. The average molecular weight is 306 g/mol. The normalized spacial score (nSPS) is 14.5. The van der Waals surface area contributed by atoms with E-state index in [1.165, 1.54) is 18.4 Å². The quantitative estimate of drug-likeness (QED) is 0.785. The summed E-state index contributed by atoms with van der Waals surface area (Å²) in [5, 5.41) is 8.94. The third kappa shape index (κ3) is 3.51. The van der Waals surface area contributed by atoms with Crippen LogP contribution < -0.4 is 10.6 Å². The molecule has 0 saturated heterocycles. The fraction of sp³-hybridized carbons (Fsp3) is 0.688. The van der Waals surface area contributed by atoms with Crippen LogP contribution in [0.2, 0.25) is 0 Å². The molecule has 0 radical (unpaired) electrons. The Morgan fingerprint density at radius 1 is 1.29 bits per heavy atom. The van der Waals surface area contributed by atoms with E-state index in [0.29, 0.717) is 16.9 Å². The van der Waals surface area contributed by atoms with Gasteiger partial charge in [0.15, 0.2) is 5.82 Å². The van der Waals surface area contributed by atoms with Crippen molar-refractivity contribution in [2.75, 3.05) is 11.4 Å². The number of anilines is 1. The van der Waals surface area contributed by atoms with E-state index < -0.39 is 0 Å². The van der Waals surface area contributed by atoms with Crippen LogP contribution in [0.3, 0.4) is 0 Å². The van der Waals surface area contributed by atoms with E-state index in [2.05, 4.69) is 42.8 Å². The third-order valence-electron chi connectivity index (χ3n) is 3.90. The summed E-state index contributed by atoms with van der Waals surface area (Å²) in [5.41, 5.74) is 9.18.